The monoisotopic (exact) mass is 296 g/mol. The fourth-order valence-electron chi connectivity index (χ4n) is 1.38. The number of oxazole rings is 1. The molecular weight excluding hydrogens is 284 g/mol. The minimum Gasteiger partial charge on any atom is -0.417 e. The van der Waals surface area contributed by atoms with E-state index in [9.17, 15) is 0 Å². The van der Waals surface area contributed by atoms with Crippen molar-refractivity contribution in [2.24, 2.45) is 0 Å². The largest absolute Gasteiger partial charge is 0.417 e. The molecule has 1 aromatic carbocycles. The third-order valence-corrected chi connectivity index (χ3v) is 2.73. The molecule has 4 nitrogen and oxygen atoms in total. The lowest BCUT2D eigenvalue weighted by molar-refractivity contribution is 0.329. The van der Waals surface area contributed by atoms with Gasteiger partial charge in [-0.25, -0.2) is 0 Å². The van der Waals surface area contributed by atoms with Crippen molar-refractivity contribution < 1.29 is 9.15 Å². The van der Waals surface area contributed by atoms with E-state index >= 15 is 0 Å². The van der Waals surface area contributed by atoms with E-state index in [-0.39, 0.29) is 6.08 Å². The Hall–Kier alpha value is -1.33. The van der Waals surface area contributed by atoms with Crippen molar-refractivity contribution in [1.82, 2.24) is 10.3 Å². The minimum atomic E-state index is 0.261. The Morgan fingerprint density at radius 2 is 2.29 bits per heavy atom. The average Bonchev–Trinajstić information content (AvgIpc) is 2.72. The van der Waals surface area contributed by atoms with Gasteiger partial charge in [0.2, 0.25) is 0 Å². The smallest absolute Gasteiger partial charge is 0.399 e. The standard InChI is InChI=1S/C12H13BrN2O2/c1-8-3-4-9(13)5-11(8)17-12-15-10(6-14-2)7-16-12/h3-5,7,14H,6H2,1-2H3. The van der Waals surface area contributed by atoms with E-state index in [0.29, 0.717) is 6.54 Å². The van der Waals surface area contributed by atoms with Gasteiger partial charge in [0.25, 0.3) is 0 Å². The first-order valence-corrected chi connectivity index (χ1v) is 6.01. The number of rotatable bonds is 4. The Morgan fingerprint density at radius 1 is 1.47 bits per heavy atom. The Balaban J connectivity index is 2.16. The lowest BCUT2D eigenvalue weighted by Gasteiger charge is -2.04. The van der Waals surface area contributed by atoms with Crippen LogP contribution in [-0.2, 0) is 6.54 Å². The fraction of sp³-hybridized carbons (Fsp3) is 0.250. The number of nitrogens with one attached hydrogen (secondary N) is 1. The third-order valence-electron chi connectivity index (χ3n) is 2.24. The summed E-state index contributed by atoms with van der Waals surface area (Å²) in [5.41, 5.74) is 1.84. The first-order valence-electron chi connectivity index (χ1n) is 5.22. The molecule has 0 aliphatic carbocycles. The van der Waals surface area contributed by atoms with Gasteiger partial charge in [0.05, 0.1) is 5.69 Å². The summed E-state index contributed by atoms with van der Waals surface area (Å²) < 4.78 is 11.8. The lowest BCUT2D eigenvalue weighted by atomic mass is 10.2. The van der Waals surface area contributed by atoms with Crippen LogP contribution >= 0.6 is 15.9 Å². The van der Waals surface area contributed by atoms with Crippen molar-refractivity contribution in [3.8, 4) is 11.8 Å². The topological polar surface area (TPSA) is 47.3 Å². The summed E-state index contributed by atoms with van der Waals surface area (Å²) in [6.07, 6.45) is 1.84. The summed E-state index contributed by atoms with van der Waals surface area (Å²) in [7, 11) is 1.85. The first kappa shape index (κ1) is 12.1. The number of nitrogens with zero attached hydrogens (tertiary/aromatic N) is 1. The molecule has 0 radical (unpaired) electrons. The highest BCUT2D eigenvalue weighted by Crippen LogP contribution is 2.27. The number of benzene rings is 1. The van der Waals surface area contributed by atoms with Gasteiger partial charge in [-0.15, -0.1) is 0 Å². The third kappa shape index (κ3) is 3.08. The zero-order valence-electron chi connectivity index (χ0n) is 9.66. The minimum absolute atomic E-state index is 0.261. The van der Waals surface area contributed by atoms with Crippen molar-refractivity contribution in [2.45, 2.75) is 13.5 Å². The van der Waals surface area contributed by atoms with E-state index in [1.165, 1.54) is 0 Å². The Bertz CT molecular complexity index is 511. The molecule has 1 aromatic heterocycles. The zero-order valence-corrected chi connectivity index (χ0v) is 11.2. The number of halogens is 1. The summed E-state index contributed by atoms with van der Waals surface area (Å²) in [5.74, 6) is 0.734. The number of aryl methyl sites for hydroxylation is 1. The second kappa shape index (κ2) is 5.33. The molecule has 2 rings (SSSR count). The van der Waals surface area contributed by atoms with Gasteiger partial charge in [-0.3, -0.25) is 0 Å². The number of ether oxygens (including phenoxy) is 1. The van der Waals surface area contributed by atoms with Crippen LogP contribution in [0.3, 0.4) is 0 Å². The average molecular weight is 297 g/mol. The number of hydrogen-bond acceptors (Lipinski definition) is 4. The highest BCUT2D eigenvalue weighted by Gasteiger charge is 2.08. The van der Waals surface area contributed by atoms with Gasteiger partial charge < -0.3 is 14.5 Å². The van der Waals surface area contributed by atoms with Crippen LogP contribution < -0.4 is 10.1 Å². The molecule has 0 saturated carbocycles. The van der Waals surface area contributed by atoms with E-state index in [2.05, 4.69) is 26.2 Å². The molecule has 0 aliphatic heterocycles. The van der Waals surface area contributed by atoms with Gasteiger partial charge in [0, 0.05) is 11.0 Å². The summed E-state index contributed by atoms with van der Waals surface area (Å²) in [5, 5.41) is 3.00. The Morgan fingerprint density at radius 3 is 3.06 bits per heavy atom. The molecule has 90 valence electrons. The lowest BCUT2D eigenvalue weighted by Crippen LogP contribution is -2.04. The van der Waals surface area contributed by atoms with Crippen molar-refractivity contribution >= 4 is 15.9 Å². The van der Waals surface area contributed by atoms with Crippen molar-refractivity contribution in [3.63, 3.8) is 0 Å². The van der Waals surface area contributed by atoms with Crippen molar-refractivity contribution in [2.75, 3.05) is 7.05 Å². The normalized spacial score (nSPS) is 10.5. The quantitative estimate of drug-likeness (QED) is 0.941. The van der Waals surface area contributed by atoms with E-state index in [4.69, 9.17) is 9.15 Å². The molecule has 0 atom stereocenters. The molecule has 0 bridgehead atoms. The van der Waals surface area contributed by atoms with E-state index in [0.717, 1.165) is 21.5 Å². The second-order valence-corrected chi connectivity index (χ2v) is 4.56. The van der Waals surface area contributed by atoms with Gasteiger partial charge in [-0.05, 0) is 31.7 Å². The Kier molecular flexibility index (Phi) is 3.81. The van der Waals surface area contributed by atoms with Crippen molar-refractivity contribution in [3.05, 3.63) is 40.2 Å². The van der Waals surface area contributed by atoms with Gasteiger partial charge in [0.1, 0.15) is 12.0 Å². The molecule has 0 saturated heterocycles. The number of aromatic nitrogens is 1. The molecular formula is C12H13BrN2O2. The molecule has 1 N–H and O–H groups in total. The van der Waals surface area contributed by atoms with E-state index in [1.54, 1.807) is 6.26 Å². The highest BCUT2D eigenvalue weighted by molar-refractivity contribution is 9.10. The van der Waals surface area contributed by atoms with Crippen LogP contribution in [0.2, 0.25) is 0 Å². The summed E-state index contributed by atoms with van der Waals surface area (Å²) in [4.78, 5) is 4.20. The summed E-state index contributed by atoms with van der Waals surface area (Å²) in [6.45, 7) is 2.63. The maximum Gasteiger partial charge on any atom is 0.399 e. The number of hydrogen-bond donors (Lipinski definition) is 1. The van der Waals surface area contributed by atoms with Crippen LogP contribution in [0.1, 0.15) is 11.3 Å². The summed E-state index contributed by atoms with van der Waals surface area (Å²) >= 11 is 3.40. The molecule has 0 unspecified atom stereocenters. The van der Waals surface area contributed by atoms with Crippen LogP contribution in [0.25, 0.3) is 0 Å². The van der Waals surface area contributed by atoms with E-state index < -0.39 is 0 Å². The molecule has 1 heterocycles. The second-order valence-electron chi connectivity index (χ2n) is 3.65. The van der Waals surface area contributed by atoms with Crippen LogP contribution in [0.4, 0.5) is 0 Å². The molecule has 0 aliphatic rings. The maximum absolute atomic E-state index is 5.58. The van der Waals surface area contributed by atoms with Gasteiger partial charge in [-0.1, -0.05) is 22.0 Å². The first-order chi connectivity index (χ1) is 8.19. The fourth-order valence-corrected chi connectivity index (χ4v) is 1.72. The zero-order chi connectivity index (χ0) is 12.3. The predicted octanol–water partition coefficient (Wildman–Crippen LogP) is 3.26. The van der Waals surface area contributed by atoms with Gasteiger partial charge in [0.15, 0.2) is 0 Å². The predicted molar refractivity (Wildman–Crippen MR) is 68.2 cm³/mol. The maximum atomic E-state index is 5.58. The van der Waals surface area contributed by atoms with Crippen molar-refractivity contribution in [1.29, 1.82) is 0 Å². The van der Waals surface area contributed by atoms with Crippen LogP contribution in [-0.4, -0.2) is 12.0 Å². The molecule has 0 fully saturated rings. The van der Waals surface area contributed by atoms with Crippen LogP contribution in [0.15, 0.2) is 33.4 Å². The molecule has 2 aromatic rings. The summed E-state index contributed by atoms with van der Waals surface area (Å²) in [6, 6.07) is 5.82. The Labute approximate surface area is 108 Å². The SMILES string of the molecule is CNCc1coc(Oc2cc(Br)ccc2C)n1. The molecule has 0 spiro atoms. The van der Waals surface area contributed by atoms with Gasteiger partial charge >= 0.3 is 6.08 Å². The highest BCUT2D eigenvalue weighted by atomic mass is 79.9. The van der Waals surface area contributed by atoms with Crippen LogP contribution in [0.5, 0.6) is 11.8 Å². The van der Waals surface area contributed by atoms with Gasteiger partial charge in [-0.2, -0.15) is 4.98 Å². The van der Waals surface area contributed by atoms with E-state index in [1.807, 2.05) is 32.2 Å². The van der Waals surface area contributed by atoms with Crippen LogP contribution in [0, 0.1) is 6.92 Å². The molecule has 17 heavy (non-hydrogen) atoms. The molecule has 5 heteroatoms. The molecule has 0 amide bonds.